The molecule has 11 heteroatoms. The number of benzene rings is 2. The van der Waals surface area contributed by atoms with Crippen molar-refractivity contribution in [3.05, 3.63) is 76.3 Å². The van der Waals surface area contributed by atoms with E-state index in [2.05, 4.69) is 21.8 Å². The molecule has 0 radical (unpaired) electrons. The third-order valence-corrected chi connectivity index (χ3v) is 6.48. The molecule has 0 saturated carbocycles. The zero-order valence-electron chi connectivity index (χ0n) is 21.2. The third-order valence-electron chi connectivity index (χ3n) is 6.25. The van der Waals surface area contributed by atoms with Crippen LogP contribution >= 0.6 is 11.6 Å². The van der Waals surface area contributed by atoms with Crippen molar-refractivity contribution in [2.75, 3.05) is 19.7 Å². The molecule has 2 atom stereocenters. The first-order valence-electron chi connectivity index (χ1n) is 12.1. The molecule has 0 aliphatic carbocycles. The Morgan fingerprint density at radius 3 is 2.50 bits per heavy atom. The summed E-state index contributed by atoms with van der Waals surface area (Å²) in [6.45, 7) is 7.27. The van der Waals surface area contributed by atoms with E-state index in [4.69, 9.17) is 21.1 Å². The highest BCUT2D eigenvalue weighted by Gasteiger charge is 2.32. The van der Waals surface area contributed by atoms with Gasteiger partial charge >= 0.3 is 12.0 Å². The average Bonchev–Trinajstić information content (AvgIpc) is 2.86. The molecular formula is C27H28ClFN4O5. The highest BCUT2D eigenvalue weighted by molar-refractivity contribution is 6.30. The smallest absolute Gasteiger partial charge is 0.354 e. The first kappa shape index (κ1) is 27.3. The maximum Gasteiger partial charge on any atom is 0.354 e. The molecule has 1 fully saturated rings. The Kier molecular flexibility index (Phi) is 8.43. The first-order valence-corrected chi connectivity index (χ1v) is 12.4. The maximum atomic E-state index is 13.2. The van der Waals surface area contributed by atoms with Crippen LogP contribution in [0.4, 0.5) is 4.39 Å². The van der Waals surface area contributed by atoms with Crippen molar-refractivity contribution in [1.29, 1.82) is 0 Å². The van der Waals surface area contributed by atoms with E-state index in [1.807, 2.05) is 6.92 Å². The average molecular weight is 543 g/mol. The minimum absolute atomic E-state index is 0.0566. The highest BCUT2D eigenvalue weighted by Crippen LogP contribution is 2.33. The van der Waals surface area contributed by atoms with Gasteiger partial charge in [-0.2, -0.15) is 4.98 Å². The Labute approximate surface area is 224 Å². The molecule has 0 bridgehead atoms. The molecule has 38 heavy (non-hydrogen) atoms. The topological polar surface area (TPSA) is 105 Å². The highest BCUT2D eigenvalue weighted by atomic mass is 35.5. The van der Waals surface area contributed by atoms with Gasteiger partial charge in [-0.25, -0.2) is 14.2 Å². The number of ether oxygens (including phenoxy) is 2. The van der Waals surface area contributed by atoms with Crippen LogP contribution in [0.25, 0.3) is 0 Å². The molecule has 0 unspecified atom stereocenters. The zero-order chi connectivity index (χ0) is 27.4. The molecule has 1 saturated heterocycles. The van der Waals surface area contributed by atoms with E-state index >= 15 is 0 Å². The Morgan fingerprint density at radius 1 is 1.05 bits per heavy atom. The van der Waals surface area contributed by atoms with Gasteiger partial charge in [0.2, 0.25) is 0 Å². The summed E-state index contributed by atoms with van der Waals surface area (Å²) in [5.74, 6) is -1.28. The predicted octanol–water partition coefficient (Wildman–Crippen LogP) is 4.57. The number of carboxylic acid groups (broad SMARTS) is 1. The van der Waals surface area contributed by atoms with Crippen LogP contribution in [0.5, 0.6) is 17.5 Å². The predicted molar refractivity (Wildman–Crippen MR) is 138 cm³/mol. The van der Waals surface area contributed by atoms with Crippen LogP contribution in [-0.4, -0.2) is 68.5 Å². The van der Waals surface area contributed by atoms with Crippen molar-refractivity contribution < 1.29 is 28.6 Å². The van der Waals surface area contributed by atoms with Crippen molar-refractivity contribution in [2.45, 2.75) is 39.4 Å². The van der Waals surface area contributed by atoms with Gasteiger partial charge in [0.05, 0.1) is 0 Å². The lowest BCUT2D eigenvalue weighted by Crippen LogP contribution is -2.58. The number of rotatable bonds is 8. The number of hydrogen-bond donors (Lipinski definition) is 1. The molecule has 1 amide bonds. The third kappa shape index (κ3) is 6.76. The number of carboxylic acids is 1. The number of aryl methyl sites for hydroxylation is 1. The standard InChI is InChI=1S/C27H28ClFN4O5/c1-16-10-22(26(35)36)31-27(30-16)38-24-11-20(28)6-9-23(24)37-15-25(34)33-13-17(2)32(12-18(33)3)14-19-4-7-21(29)8-5-19/h4-11,17-18H,12-15H2,1-3H3,(H,35,36)/t17-,18+/m0/s1. The van der Waals surface area contributed by atoms with E-state index in [9.17, 15) is 19.1 Å². The van der Waals surface area contributed by atoms with Crippen molar-refractivity contribution in [3.63, 3.8) is 0 Å². The Bertz CT molecular complexity index is 1320. The van der Waals surface area contributed by atoms with Gasteiger partial charge in [0.25, 0.3) is 5.91 Å². The van der Waals surface area contributed by atoms with Crippen LogP contribution in [0.2, 0.25) is 5.02 Å². The van der Waals surface area contributed by atoms with Crippen molar-refractivity contribution in [1.82, 2.24) is 19.8 Å². The summed E-state index contributed by atoms with van der Waals surface area (Å²) in [7, 11) is 0. The van der Waals surface area contributed by atoms with E-state index in [0.29, 0.717) is 30.4 Å². The molecule has 1 aliphatic rings. The van der Waals surface area contributed by atoms with E-state index in [1.54, 1.807) is 36.1 Å². The largest absolute Gasteiger partial charge is 0.480 e. The van der Waals surface area contributed by atoms with Crippen LogP contribution in [0, 0.1) is 12.7 Å². The minimum Gasteiger partial charge on any atom is -0.480 e. The van der Waals surface area contributed by atoms with E-state index in [-0.39, 0.29) is 53.6 Å². The molecule has 9 nitrogen and oxygen atoms in total. The quantitative estimate of drug-likeness (QED) is 0.441. The fourth-order valence-electron chi connectivity index (χ4n) is 4.29. The number of piperazine rings is 1. The second kappa shape index (κ2) is 11.7. The molecule has 1 aliphatic heterocycles. The number of amides is 1. The van der Waals surface area contributed by atoms with Gasteiger partial charge in [-0.15, -0.1) is 0 Å². The van der Waals surface area contributed by atoms with Gasteiger partial charge in [0.1, 0.15) is 5.82 Å². The van der Waals surface area contributed by atoms with Crippen LogP contribution in [-0.2, 0) is 11.3 Å². The minimum atomic E-state index is -1.21. The maximum absolute atomic E-state index is 13.2. The lowest BCUT2D eigenvalue weighted by molar-refractivity contribution is -0.139. The van der Waals surface area contributed by atoms with Gasteiger partial charge in [-0.05, 0) is 56.7 Å². The van der Waals surface area contributed by atoms with Crippen molar-refractivity contribution >= 4 is 23.5 Å². The first-order chi connectivity index (χ1) is 18.1. The SMILES string of the molecule is Cc1cc(C(=O)O)nc(Oc2cc(Cl)ccc2OCC(=O)N2C[C@H](C)N(Cc3ccc(F)cc3)C[C@H]2C)n1. The number of halogens is 2. The molecule has 4 rings (SSSR count). The molecule has 2 aromatic carbocycles. The molecule has 1 N–H and O–H groups in total. The van der Waals surface area contributed by atoms with Gasteiger partial charge in [-0.3, -0.25) is 9.69 Å². The van der Waals surface area contributed by atoms with Gasteiger partial charge in [-0.1, -0.05) is 23.7 Å². The van der Waals surface area contributed by atoms with E-state index in [1.165, 1.54) is 24.3 Å². The molecule has 2 heterocycles. The lowest BCUT2D eigenvalue weighted by Gasteiger charge is -2.44. The zero-order valence-corrected chi connectivity index (χ0v) is 22.0. The van der Waals surface area contributed by atoms with Crippen LogP contribution in [0.1, 0.15) is 35.6 Å². The van der Waals surface area contributed by atoms with Gasteiger partial charge in [0, 0.05) is 48.5 Å². The number of carbonyl (C=O) groups is 2. The number of hydrogen-bond acceptors (Lipinski definition) is 7. The van der Waals surface area contributed by atoms with Crippen molar-refractivity contribution in [3.8, 4) is 17.5 Å². The molecule has 200 valence electrons. The fraction of sp³-hybridized carbons (Fsp3) is 0.333. The number of nitrogens with zero attached hydrogens (tertiary/aromatic N) is 4. The Balaban J connectivity index is 1.40. The number of aromatic nitrogens is 2. The van der Waals surface area contributed by atoms with E-state index < -0.39 is 5.97 Å². The number of carbonyl (C=O) groups excluding carboxylic acids is 1. The Hall–Kier alpha value is -3.76. The summed E-state index contributed by atoms with van der Waals surface area (Å²) in [6, 6.07) is 12.3. The van der Waals surface area contributed by atoms with Gasteiger partial charge in [0.15, 0.2) is 23.8 Å². The van der Waals surface area contributed by atoms with Crippen LogP contribution < -0.4 is 9.47 Å². The molecule has 1 aromatic heterocycles. The summed E-state index contributed by atoms with van der Waals surface area (Å²) < 4.78 is 24.8. The summed E-state index contributed by atoms with van der Waals surface area (Å²) in [5.41, 5.74) is 1.21. The van der Waals surface area contributed by atoms with Crippen LogP contribution in [0.15, 0.2) is 48.5 Å². The Morgan fingerprint density at radius 2 is 1.79 bits per heavy atom. The second-order valence-electron chi connectivity index (χ2n) is 9.26. The monoisotopic (exact) mass is 542 g/mol. The van der Waals surface area contributed by atoms with E-state index in [0.717, 1.165) is 5.56 Å². The molecular weight excluding hydrogens is 515 g/mol. The summed E-state index contributed by atoms with van der Waals surface area (Å²) in [5, 5.41) is 9.61. The fourth-order valence-corrected chi connectivity index (χ4v) is 4.45. The molecule has 3 aromatic rings. The normalized spacial score (nSPS) is 17.8. The summed E-state index contributed by atoms with van der Waals surface area (Å²) >= 11 is 6.13. The van der Waals surface area contributed by atoms with Crippen molar-refractivity contribution in [2.24, 2.45) is 0 Å². The number of aromatic carboxylic acids is 1. The summed E-state index contributed by atoms with van der Waals surface area (Å²) in [4.78, 5) is 36.5. The summed E-state index contributed by atoms with van der Waals surface area (Å²) in [6.07, 6.45) is 0. The second-order valence-corrected chi connectivity index (χ2v) is 9.70. The van der Waals surface area contributed by atoms with Crippen LogP contribution in [0.3, 0.4) is 0 Å². The van der Waals surface area contributed by atoms with Gasteiger partial charge < -0.3 is 19.5 Å². The lowest BCUT2D eigenvalue weighted by atomic mass is 10.1. The molecule has 0 spiro atoms.